The standard InChI is InChI=1S/C19H18N6/c1-14(15-6-4-3-5-7-15)24(2)18-9-11-21-19(23-18)25-13-22-16-8-10-20-12-17(16)25/h3-14H,1-2H3/t14-/m0/s1. The average molecular weight is 330 g/mol. The maximum atomic E-state index is 4.72. The van der Waals surface area contributed by atoms with Crippen LogP contribution in [0.5, 0.6) is 0 Å². The fourth-order valence-corrected chi connectivity index (χ4v) is 2.82. The van der Waals surface area contributed by atoms with Crippen LogP contribution in [0.15, 0.2) is 67.4 Å². The lowest BCUT2D eigenvalue weighted by atomic mass is 10.1. The highest BCUT2D eigenvalue weighted by Crippen LogP contribution is 2.24. The zero-order valence-corrected chi connectivity index (χ0v) is 14.1. The molecule has 0 aliphatic heterocycles. The highest BCUT2D eigenvalue weighted by atomic mass is 15.3. The Bertz CT molecular complexity index is 995. The molecule has 0 spiro atoms. The quantitative estimate of drug-likeness (QED) is 0.574. The van der Waals surface area contributed by atoms with Crippen molar-refractivity contribution in [3.8, 4) is 5.95 Å². The predicted octanol–water partition coefficient (Wildman–Crippen LogP) is 3.41. The summed E-state index contributed by atoms with van der Waals surface area (Å²) < 4.78 is 1.85. The second-order valence-electron chi connectivity index (χ2n) is 5.89. The molecule has 0 bridgehead atoms. The predicted molar refractivity (Wildman–Crippen MR) is 97.7 cm³/mol. The van der Waals surface area contributed by atoms with Crippen LogP contribution < -0.4 is 4.90 Å². The molecule has 6 heteroatoms. The van der Waals surface area contributed by atoms with Gasteiger partial charge in [-0.3, -0.25) is 9.55 Å². The summed E-state index contributed by atoms with van der Waals surface area (Å²) in [5, 5.41) is 0. The molecule has 1 atom stereocenters. The Morgan fingerprint density at radius 3 is 2.68 bits per heavy atom. The van der Waals surface area contributed by atoms with Crippen molar-refractivity contribution in [3.63, 3.8) is 0 Å². The average Bonchev–Trinajstić information content (AvgIpc) is 3.12. The Balaban J connectivity index is 1.70. The zero-order valence-electron chi connectivity index (χ0n) is 14.1. The summed E-state index contributed by atoms with van der Waals surface area (Å²) in [4.78, 5) is 19.8. The van der Waals surface area contributed by atoms with Crippen LogP contribution in [0.3, 0.4) is 0 Å². The van der Waals surface area contributed by atoms with Crippen molar-refractivity contribution in [2.45, 2.75) is 13.0 Å². The van der Waals surface area contributed by atoms with Crippen LogP contribution in [0, 0.1) is 0 Å². The Hall–Kier alpha value is -3.28. The second kappa shape index (κ2) is 6.32. The molecule has 124 valence electrons. The van der Waals surface area contributed by atoms with Crippen LogP contribution in [0.4, 0.5) is 5.82 Å². The van der Waals surface area contributed by atoms with E-state index in [9.17, 15) is 0 Å². The topological polar surface area (TPSA) is 59.7 Å². The molecule has 3 aromatic heterocycles. The van der Waals surface area contributed by atoms with Gasteiger partial charge in [0.05, 0.1) is 23.3 Å². The molecule has 0 aliphatic rings. The maximum absolute atomic E-state index is 4.72. The maximum Gasteiger partial charge on any atom is 0.237 e. The first-order chi connectivity index (χ1) is 12.2. The third-order valence-electron chi connectivity index (χ3n) is 4.42. The minimum absolute atomic E-state index is 0.199. The van der Waals surface area contributed by atoms with E-state index in [0.717, 1.165) is 16.9 Å². The van der Waals surface area contributed by atoms with Crippen LogP contribution in [-0.2, 0) is 0 Å². The normalized spacial score (nSPS) is 12.2. The van der Waals surface area contributed by atoms with Crippen LogP contribution in [0.2, 0.25) is 0 Å². The van der Waals surface area contributed by atoms with Crippen molar-refractivity contribution < 1.29 is 0 Å². The van der Waals surface area contributed by atoms with Gasteiger partial charge in [0.1, 0.15) is 12.1 Å². The Kier molecular flexibility index (Phi) is 3.85. The summed E-state index contributed by atoms with van der Waals surface area (Å²) in [5.41, 5.74) is 3.00. The number of nitrogens with zero attached hydrogens (tertiary/aromatic N) is 6. The van der Waals surface area contributed by atoms with Crippen molar-refractivity contribution >= 4 is 16.9 Å². The number of aromatic nitrogens is 5. The zero-order chi connectivity index (χ0) is 17.2. The van der Waals surface area contributed by atoms with Crippen molar-refractivity contribution in [2.24, 2.45) is 0 Å². The third-order valence-corrected chi connectivity index (χ3v) is 4.42. The van der Waals surface area contributed by atoms with Crippen LogP contribution in [-0.4, -0.2) is 31.6 Å². The Labute approximate surface area is 145 Å². The van der Waals surface area contributed by atoms with Gasteiger partial charge in [-0.25, -0.2) is 9.97 Å². The molecule has 0 radical (unpaired) electrons. The lowest BCUT2D eigenvalue weighted by Crippen LogP contribution is -2.23. The van der Waals surface area contributed by atoms with E-state index in [1.54, 1.807) is 24.9 Å². The molecule has 6 nitrogen and oxygen atoms in total. The Morgan fingerprint density at radius 1 is 1.00 bits per heavy atom. The van der Waals surface area contributed by atoms with E-state index in [1.807, 2.05) is 29.8 Å². The molecule has 0 saturated heterocycles. The highest BCUT2D eigenvalue weighted by Gasteiger charge is 2.15. The van der Waals surface area contributed by atoms with Crippen molar-refractivity contribution in [3.05, 3.63) is 72.9 Å². The van der Waals surface area contributed by atoms with Crippen molar-refractivity contribution in [1.29, 1.82) is 0 Å². The molecule has 0 amide bonds. The van der Waals surface area contributed by atoms with Gasteiger partial charge in [-0.2, -0.15) is 4.98 Å². The van der Waals surface area contributed by atoms with Gasteiger partial charge in [-0.1, -0.05) is 30.3 Å². The summed E-state index contributed by atoms with van der Waals surface area (Å²) in [7, 11) is 2.04. The molecule has 4 rings (SSSR count). The van der Waals surface area contributed by atoms with Gasteiger partial charge < -0.3 is 4.90 Å². The first-order valence-corrected chi connectivity index (χ1v) is 8.12. The van der Waals surface area contributed by atoms with E-state index < -0.39 is 0 Å². The third kappa shape index (κ3) is 2.82. The summed E-state index contributed by atoms with van der Waals surface area (Å²) in [6.07, 6.45) is 7.00. The molecule has 0 aliphatic carbocycles. The van der Waals surface area contributed by atoms with Crippen molar-refractivity contribution in [1.82, 2.24) is 24.5 Å². The summed E-state index contributed by atoms with van der Waals surface area (Å²) in [6.45, 7) is 2.16. The number of rotatable bonds is 4. The largest absolute Gasteiger partial charge is 0.353 e. The number of imidazole rings is 1. The summed E-state index contributed by atoms with van der Waals surface area (Å²) >= 11 is 0. The second-order valence-corrected chi connectivity index (χ2v) is 5.89. The van der Waals surface area contributed by atoms with E-state index in [0.29, 0.717) is 5.95 Å². The number of hydrogen-bond acceptors (Lipinski definition) is 5. The van der Waals surface area contributed by atoms with Crippen LogP contribution >= 0.6 is 0 Å². The number of pyridine rings is 1. The highest BCUT2D eigenvalue weighted by molar-refractivity contribution is 5.75. The van der Waals surface area contributed by atoms with E-state index in [1.165, 1.54) is 5.56 Å². The van der Waals surface area contributed by atoms with Gasteiger partial charge in [0.25, 0.3) is 0 Å². The number of fused-ring (bicyclic) bond motifs is 1. The van der Waals surface area contributed by atoms with Gasteiger partial charge in [0.15, 0.2) is 0 Å². The molecule has 1 aromatic carbocycles. The van der Waals surface area contributed by atoms with Gasteiger partial charge in [0, 0.05) is 19.4 Å². The van der Waals surface area contributed by atoms with Gasteiger partial charge in [-0.05, 0) is 24.6 Å². The fourth-order valence-electron chi connectivity index (χ4n) is 2.82. The number of benzene rings is 1. The smallest absolute Gasteiger partial charge is 0.237 e. The van der Waals surface area contributed by atoms with E-state index >= 15 is 0 Å². The monoisotopic (exact) mass is 330 g/mol. The van der Waals surface area contributed by atoms with E-state index in [-0.39, 0.29) is 6.04 Å². The van der Waals surface area contributed by atoms with Gasteiger partial charge in [0.2, 0.25) is 5.95 Å². The first-order valence-electron chi connectivity index (χ1n) is 8.12. The van der Waals surface area contributed by atoms with E-state index in [4.69, 9.17) is 4.98 Å². The molecular weight excluding hydrogens is 312 g/mol. The van der Waals surface area contributed by atoms with Crippen LogP contribution in [0.25, 0.3) is 17.0 Å². The van der Waals surface area contributed by atoms with Crippen molar-refractivity contribution in [2.75, 3.05) is 11.9 Å². The minimum atomic E-state index is 0.199. The molecule has 0 fully saturated rings. The van der Waals surface area contributed by atoms with E-state index in [2.05, 4.69) is 51.0 Å². The summed E-state index contributed by atoms with van der Waals surface area (Å²) in [5.74, 6) is 1.44. The molecule has 4 aromatic rings. The Morgan fingerprint density at radius 2 is 1.84 bits per heavy atom. The van der Waals surface area contributed by atoms with Crippen LogP contribution in [0.1, 0.15) is 18.5 Å². The molecule has 0 saturated carbocycles. The SMILES string of the molecule is C[C@@H](c1ccccc1)N(C)c1ccnc(-n2cnc3ccncc32)n1. The molecular formula is C19H18N6. The minimum Gasteiger partial charge on any atom is -0.353 e. The lowest BCUT2D eigenvalue weighted by Gasteiger charge is -2.26. The molecule has 25 heavy (non-hydrogen) atoms. The number of anilines is 1. The first kappa shape index (κ1) is 15.3. The number of hydrogen-bond donors (Lipinski definition) is 0. The van der Waals surface area contributed by atoms with Gasteiger partial charge >= 0.3 is 0 Å². The fraction of sp³-hybridized carbons (Fsp3) is 0.158. The van der Waals surface area contributed by atoms with Gasteiger partial charge in [-0.15, -0.1) is 0 Å². The summed E-state index contributed by atoms with van der Waals surface area (Å²) in [6, 6.07) is 14.4. The molecule has 3 heterocycles. The molecule has 0 unspecified atom stereocenters. The molecule has 0 N–H and O–H groups in total. The lowest BCUT2D eigenvalue weighted by molar-refractivity contribution is 0.724.